The van der Waals surface area contributed by atoms with Crippen LogP contribution in [0.1, 0.15) is 29.7 Å². The van der Waals surface area contributed by atoms with Gasteiger partial charge in [0.15, 0.2) is 4.80 Å². The van der Waals surface area contributed by atoms with E-state index in [0.29, 0.717) is 20.6 Å². The Bertz CT molecular complexity index is 1700. The number of hydrogen-bond acceptors (Lipinski definition) is 5. The highest BCUT2D eigenvalue weighted by atomic mass is 79.9. The van der Waals surface area contributed by atoms with Crippen molar-refractivity contribution in [2.45, 2.75) is 19.9 Å². The van der Waals surface area contributed by atoms with Crippen molar-refractivity contribution in [3.05, 3.63) is 125 Å². The summed E-state index contributed by atoms with van der Waals surface area (Å²) in [6, 6.07) is 22.2. The fourth-order valence-corrected chi connectivity index (χ4v) is 5.64. The number of nitrogens with one attached hydrogen (secondary N) is 1. The van der Waals surface area contributed by atoms with E-state index in [1.165, 1.54) is 11.3 Å². The molecule has 1 aliphatic rings. The number of halogens is 1. The monoisotopic (exact) mass is 573 g/mol. The molecule has 0 saturated carbocycles. The van der Waals surface area contributed by atoms with Gasteiger partial charge in [0.1, 0.15) is 5.75 Å². The van der Waals surface area contributed by atoms with Gasteiger partial charge in [-0.3, -0.25) is 14.2 Å². The van der Waals surface area contributed by atoms with Crippen LogP contribution in [0.3, 0.4) is 0 Å². The van der Waals surface area contributed by atoms with Crippen LogP contribution >= 0.6 is 27.3 Å². The Balaban J connectivity index is 1.65. The fraction of sp³-hybridized carbons (Fsp3) is 0.138. The molecule has 2 heterocycles. The van der Waals surface area contributed by atoms with Crippen molar-refractivity contribution in [1.82, 2.24) is 4.57 Å². The first kappa shape index (κ1) is 24.9. The number of benzene rings is 3. The highest BCUT2D eigenvalue weighted by Gasteiger charge is 2.32. The molecule has 1 aliphatic heterocycles. The minimum absolute atomic E-state index is 0.193. The second kappa shape index (κ2) is 10.3. The number of rotatable bonds is 5. The molecule has 1 amide bonds. The highest BCUT2D eigenvalue weighted by Crippen LogP contribution is 2.31. The minimum atomic E-state index is -0.619. The number of carbonyl (C=O) groups is 1. The fourth-order valence-electron chi connectivity index (χ4n) is 4.33. The Hall–Kier alpha value is -3.75. The van der Waals surface area contributed by atoms with Crippen molar-refractivity contribution in [2.24, 2.45) is 4.99 Å². The van der Waals surface area contributed by atoms with E-state index in [0.717, 1.165) is 32.6 Å². The summed E-state index contributed by atoms with van der Waals surface area (Å²) < 4.78 is 8.32. The van der Waals surface area contributed by atoms with Gasteiger partial charge in [0.25, 0.3) is 11.5 Å². The van der Waals surface area contributed by atoms with Gasteiger partial charge in [-0.2, -0.15) is 0 Å². The molecule has 0 fully saturated rings. The lowest BCUT2D eigenvalue weighted by atomic mass is 9.95. The predicted molar refractivity (Wildman–Crippen MR) is 151 cm³/mol. The lowest BCUT2D eigenvalue weighted by Crippen LogP contribution is -2.40. The van der Waals surface area contributed by atoms with Gasteiger partial charge in [-0.1, -0.05) is 69.7 Å². The average molecular weight is 575 g/mol. The summed E-state index contributed by atoms with van der Waals surface area (Å²) >= 11 is 4.80. The highest BCUT2D eigenvalue weighted by molar-refractivity contribution is 9.10. The number of amides is 1. The zero-order valence-electron chi connectivity index (χ0n) is 20.5. The predicted octanol–water partition coefficient (Wildman–Crippen LogP) is 4.95. The van der Waals surface area contributed by atoms with Crippen LogP contribution in [-0.4, -0.2) is 17.6 Å². The SMILES string of the molecule is COc1ccc(C=c2sc3n(c2=O)C(c2ccc(Br)cc2)C(C(=O)Nc2ccccc2C)=C(C)N=3)cc1. The van der Waals surface area contributed by atoms with Crippen LogP contribution in [-0.2, 0) is 4.79 Å². The second-order valence-electron chi connectivity index (χ2n) is 8.68. The summed E-state index contributed by atoms with van der Waals surface area (Å²) in [7, 11) is 1.62. The number of ether oxygens (including phenoxy) is 1. The van der Waals surface area contributed by atoms with Gasteiger partial charge in [-0.05, 0) is 66.9 Å². The summed E-state index contributed by atoms with van der Waals surface area (Å²) in [5.74, 6) is 0.460. The van der Waals surface area contributed by atoms with Crippen LogP contribution in [0.15, 0.2) is 98.3 Å². The first-order chi connectivity index (χ1) is 17.9. The zero-order valence-corrected chi connectivity index (χ0v) is 22.9. The smallest absolute Gasteiger partial charge is 0.271 e. The number of carbonyl (C=O) groups excluding carboxylic acids is 1. The van der Waals surface area contributed by atoms with Crippen molar-refractivity contribution in [3.63, 3.8) is 0 Å². The molecule has 1 atom stereocenters. The third-order valence-electron chi connectivity index (χ3n) is 6.26. The standard InChI is InChI=1S/C29H24BrN3O3S/c1-17-6-4-5-7-23(17)32-27(34)25-18(2)31-29-33(26(25)20-10-12-21(30)13-11-20)28(35)24(37-29)16-19-8-14-22(36-3)15-9-19/h4-16,26H,1-3H3,(H,32,34). The molecule has 4 aromatic rings. The van der Waals surface area contributed by atoms with E-state index in [1.807, 2.05) is 92.7 Å². The zero-order chi connectivity index (χ0) is 26.1. The van der Waals surface area contributed by atoms with Crippen molar-refractivity contribution in [2.75, 3.05) is 12.4 Å². The summed E-state index contributed by atoms with van der Waals surface area (Å²) in [6.07, 6.45) is 1.84. The lowest BCUT2D eigenvalue weighted by Gasteiger charge is -2.25. The normalized spacial score (nSPS) is 15.2. The van der Waals surface area contributed by atoms with Crippen molar-refractivity contribution in [1.29, 1.82) is 0 Å². The number of aryl methyl sites for hydroxylation is 1. The van der Waals surface area contributed by atoms with Crippen LogP contribution in [0.25, 0.3) is 6.08 Å². The summed E-state index contributed by atoms with van der Waals surface area (Å²) in [4.78, 5) is 32.7. The molecule has 37 heavy (non-hydrogen) atoms. The Morgan fingerprint density at radius 2 is 1.76 bits per heavy atom. The van der Waals surface area contributed by atoms with Gasteiger partial charge in [0.2, 0.25) is 0 Å². The third kappa shape index (κ3) is 4.95. The summed E-state index contributed by atoms with van der Waals surface area (Å²) in [5.41, 5.74) is 4.20. The molecule has 1 aromatic heterocycles. The van der Waals surface area contributed by atoms with E-state index in [-0.39, 0.29) is 11.5 Å². The van der Waals surface area contributed by atoms with Crippen molar-refractivity contribution >= 4 is 44.9 Å². The average Bonchev–Trinajstić information content (AvgIpc) is 3.19. The Labute approximate surface area is 226 Å². The lowest BCUT2D eigenvalue weighted by molar-refractivity contribution is -0.113. The van der Waals surface area contributed by atoms with Gasteiger partial charge in [0, 0.05) is 10.2 Å². The van der Waals surface area contributed by atoms with Gasteiger partial charge >= 0.3 is 0 Å². The summed E-state index contributed by atoms with van der Waals surface area (Å²) in [6.45, 7) is 3.76. The van der Waals surface area contributed by atoms with E-state index < -0.39 is 6.04 Å². The molecule has 0 radical (unpaired) electrons. The maximum absolute atomic E-state index is 13.8. The van der Waals surface area contributed by atoms with E-state index in [1.54, 1.807) is 11.7 Å². The molecule has 0 aliphatic carbocycles. The molecule has 1 N–H and O–H groups in total. The Morgan fingerprint density at radius 1 is 1.05 bits per heavy atom. The Kier molecular flexibility index (Phi) is 6.95. The van der Waals surface area contributed by atoms with Crippen LogP contribution < -0.4 is 24.9 Å². The number of aromatic nitrogens is 1. The van der Waals surface area contributed by atoms with Crippen molar-refractivity contribution in [3.8, 4) is 5.75 Å². The molecule has 6 nitrogen and oxygen atoms in total. The molecule has 8 heteroatoms. The first-order valence-corrected chi connectivity index (χ1v) is 13.3. The number of para-hydroxylation sites is 1. The molecular weight excluding hydrogens is 550 g/mol. The largest absolute Gasteiger partial charge is 0.497 e. The van der Waals surface area contributed by atoms with E-state index in [9.17, 15) is 9.59 Å². The maximum Gasteiger partial charge on any atom is 0.271 e. The molecule has 1 unspecified atom stereocenters. The molecule has 5 rings (SSSR count). The van der Waals surface area contributed by atoms with E-state index in [2.05, 4.69) is 21.2 Å². The third-order valence-corrected chi connectivity index (χ3v) is 7.77. The van der Waals surface area contributed by atoms with Gasteiger partial charge < -0.3 is 10.1 Å². The molecular formula is C29H24BrN3O3S. The number of methoxy groups -OCH3 is 1. The number of hydrogen-bond donors (Lipinski definition) is 1. The topological polar surface area (TPSA) is 72.7 Å². The molecule has 3 aromatic carbocycles. The number of allylic oxidation sites excluding steroid dienone is 1. The summed E-state index contributed by atoms with van der Waals surface area (Å²) in [5, 5.41) is 3.03. The van der Waals surface area contributed by atoms with Crippen LogP contribution in [0, 0.1) is 6.92 Å². The minimum Gasteiger partial charge on any atom is -0.497 e. The quantitative estimate of drug-likeness (QED) is 0.367. The second-order valence-corrected chi connectivity index (χ2v) is 10.6. The van der Waals surface area contributed by atoms with E-state index in [4.69, 9.17) is 9.73 Å². The van der Waals surface area contributed by atoms with Gasteiger partial charge in [-0.15, -0.1) is 0 Å². The Morgan fingerprint density at radius 3 is 2.43 bits per heavy atom. The van der Waals surface area contributed by atoms with Crippen molar-refractivity contribution < 1.29 is 9.53 Å². The van der Waals surface area contributed by atoms with E-state index >= 15 is 0 Å². The van der Waals surface area contributed by atoms with Crippen LogP contribution in [0.5, 0.6) is 5.75 Å². The first-order valence-electron chi connectivity index (χ1n) is 11.6. The maximum atomic E-state index is 13.8. The van der Waals surface area contributed by atoms with Crippen LogP contribution in [0.4, 0.5) is 5.69 Å². The number of thiazole rings is 1. The molecule has 0 saturated heterocycles. The van der Waals surface area contributed by atoms with Gasteiger partial charge in [0.05, 0.1) is 29.0 Å². The van der Waals surface area contributed by atoms with Crippen LogP contribution in [0.2, 0.25) is 0 Å². The molecule has 0 bridgehead atoms. The molecule has 0 spiro atoms. The number of fused-ring (bicyclic) bond motifs is 1. The number of nitrogens with zero attached hydrogens (tertiary/aromatic N) is 2. The van der Waals surface area contributed by atoms with Gasteiger partial charge in [-0.25, -0.2) is 4.99 Å². The number of anilines is 1. The molecule has 186 valence electrons.